The molecule has 0 N–H and O–H groups in total. The molecular weight excluding hydrogens is 571 g/mol. The fourth-order valence-corrected chi connectivity index (χ4v) is 7.50. The molecule has 0 spiro atoms. The molecule has 0 radical (unpaired) electrons. The Morgan fingerprint density at radius 2 is 1.06 bits per heavy atom. The summed E-state index contributed by atoms with van der Waals surface area (Å²) >= 11 is 0. The Bertz CT molecular complexity index is 2430. The summed E-state index contributed by atoms with van der Waals surface area (Å²) in [6.07, 6.45) is 0. The molecule has 0 saturated carbocycles. The van der Waals surface area contributed by atoms with Gasteiger partial charge in [-0.15, -0.1) is 0 Å². The SMILES string of the molecule is CC1(C)c2ccccc2-c2ccc(N(c3ccc(-c4cccc5c4oc4ccccc45)cc3)c3cccc(-c4ccccc4)c3)cc21. The lowest BCUT2D eigenvalue weighted by molar-refractivity contribution is 0.660. The monoisotopic (exact) mass is 603 g/mol. The summed E-state index contributed by atoms with van der Waals surface area (Å²) in [6, 6.07) is 58.9. The van der Waals surface area contributed by atoms with Gasteiger partial charge in [-0.3, -0.25) is 0 Å². The fraction of sp³-hybridized carbons (Fsp3) is 0.0667. The molecule has 8 aromatic rings. The predicted molar refractivity (Wildman–Crippen MR) is 197 cm³/mol. The van der Waals surface area contributed by atoms with Crippen molar-refractivity contribution < 1.29 is 4.42 Å². The molecule has 0 unspecified atom stereocenters. The molecule has 1 aliphatic rings. The van der Waals surface area contributed by atoms with Crippen LogP contribution in [0.4, 0.5) is 17.1 Å². The first kappa shape index (κ1) is 27.5. The summed E-state index contributed by atoms with van der Waals surface area (Å²) in [5.41, 5.74) is 15.1. The van der Waals surface area contributed by atoms with Gasteiger partial charge in [0.2, 0.25) is 0 Å². The molecular formula is C45H33NO. The van der Waals surface area contributed by atoms with E-state index in [-0.39, 0.29) is 5.41 Å². The zero-order chi connectivity index (χ0) is 31.5. The fourth-order valence-electron chi connectivity index (χ4n) is 7.50. The van der Waals surface area contributed by atoms with E-state index in [1.807, 2.05) is 12.1 Å². The van der Waals surface area contributed by atoms with Crippen molar-refractivity contribution in [1.29, 1.82) is 0 Å². The van der Waals surface area contributed by atoms with Crippen LogP contribution in [-0.4, -0.2) is 0 Å². The Morgan fingerprint density at radius 1 is 0.426 bits per heavy atom. The molecule has 9 rings (SSSR count). The molecule has 224 valence electrons. The van der Waals surface area contributed by atoms with Crippen molar-refractivity contribution in [2.75, 3.05) is 4.90 Å². The lowest BCUT2D eigenvalue weighted by atomic mass is 9.82. The minimum absolute atomic E-state index is 0.0887. The van der Waals surface area contributed by atoms with E-state index < -0.39 is 0 Å². The number of hydrogen-bond donors (Lipinski definition) is 0. The predicted octanol–water partition coefficient (Wildman–Crippen LogP) is 12.7. The highest BCUT2D eigenvalue weighted by Gasteiger charge is 2.35. The summed E-state index contributed by atoms with van der Waals surface area (Å²) in [6.45, 7) is 4.69. The quantitative estimate of drug-likeness (QED) is 0.195. The van der Waals surface area contributed by atoms with Gasteiger partial charge in [0.15, 0.2) is 0 Å². The zero-order valence-corrected chi connectivity index (χ0v) is 26.4. The average Bonchev–Trinajstić information content (AvgIpc) is 3.62. The third-order valence-electron chi connectivity index (χ3n) is 9.88. The number of hydrogen-bond acceptors (Lipinski definition) is 2. The van der Waals surface area contributed by atoms with E-state index in [0.29, 0.717) is 0 Å². The van der Waals surface area contributed by atoms with Crippen LogP contribution in [0.5, 0.6) is 0 Å². The maximum atomic E-state index is 6.39. The lowest BCUT2D eigenvalue weighted by Crippen LogP contribution is -2.16. The standard InChI is InChI=1S/C45H33NO/c1-45(2)41-20-8-6-16-37(41)38-27-26-35(29-42(38)45)46(34-15-10-14-32(28-34)30-12-4-3-5-13-30)33-24-22-31(23-25-33)36-18-11-19-40-39-17-7-9-21-43(39)47-44(36)40/h3-29H,1-2H3. The Balaban J connectivity index is 1.19. The molecule has 1 aliphatic carbocycles. The van der Waals surface area contributed by atoms with Gasteiger partial charge in [0, 0.05) is 38.8 Å². The Morgan fingerprint density at radius 3 is 1.94 bits per heavy atom. The van der Waals surface area contributed by atoms with E-state index in [1.165, 1.54) is 33.4 Å². The minimum atomic E-state index is -0.0887. The van der Waals surface area contributed by atoms with Crippen LogP contribution < -0.4 is 4.90 Å². The summed E-state index contributed by atoms with van der Waals surface area (Å²) in [7, 11) is 0. The number of anilines is 3. The Hall–Kier alpha value is -5.86. The molecule has 2 nitrogen and oxygen atoms in total. The first-order valence-corrected chi connectivity index (χ1v) is 16.3. The first-order chi connectivity index (χ1) is 23.1. The zero-order valence-electron chi connectivity index (χ0n) is 26.4. The molecule has 2 heteroatoms. The Labute approximate surface area is 275 Å². The second kappa shape index (κ2) is 10.6. The van der Waals surface area contributed by atoms with E-state index >= 15 is 0 Å². The molecule has 47 heavy (non-hydrogen) atoms. The van der Waals surface area contributed by atoms with Crippen molar-refractivity contribution in [3.8, 4) is 33.4 Å². The number of para-hydroxylation sites is 2. The molecule has 0 fully saturated rings. The number of rotatable bonds is 5. The number of benzene rings is 7. The van der Waals surface area contributed by atoms with Crippen molar-refractivity contribution in [2.45, 2.75) is 19.3 Å². The smallest absolute Gasteiger partial charge is 0.143 e. The normalized spacial score (nSPS) is 13.1. The highest BCUT2D eigenvalue weighted by Crippen LogP contribution is 2.50. The van der Waals surface area contributed by atoms with Crippen molar-refractivity contribution in [2.24, 2.45) is 0 Å². The maximum absolute atomic E-state index is 6.39. The van der Waals surface area contributed by atoms with Crippen molar-refractivity contribution in [3.63, 3.8) is 0 Å². The van der Waals surface area contributed by atoms with Crippen LogP contribution in [0.15, 0.2) is 168 Å². The third-order valence-corrected chi connectivity index (χ3v) is 9.88. The van der Waals surface area contributed by atoms with Gasteiger partial charge in [0.1, 0.15) is 11.2 Å². The molecule has 1 heterocycles. The van der Waals surface area contributed by atoms with E-state index in [9.17, 15) is 0 Å². The highest BCUT2D eigenvalue weighted by molar-refractivity contribution is 6.09. The van der Waals surface area contributed by atoms with Crippen LogP contribution in [0.1, 0.15) is 25.0 Å². The minimum Gasteiger partial charge on any atom is -0.455 e. The van der Waals surface area contributed by atoms with Crippen LogP contribution >= 0.6 is 0 Å². The number of nitrogens with zero attached hydrogens (tertiary/aromatic N) is 1. The molecule has 1 aromatic heterocycles. The molecule has 0 amide bonds. The van der Waals surface area contributed by atoms with Gasteiger partial charge in [-0.2, -0.15) is 0 Å². The lowest BCUT2D eigenvalue weighted by Gasteiger charge is -2.28. The van der Waals surface area contributed by atoms with Gasteiger partial charge in [-0.1, -0.05) is 135 Å². The van der Waals surface area contributed by atoms with Gasteiger partial charge in [-0.25, -0.2) is 0 Å². The number of fused-ring (bicyclic) bond motifs is 6. The van der Waals surface area contributed by atoms with E-state index in [2.05, 4.69) is 170 Å². The van der Waals surface area contributed by atoms with Crippen molar-refractivity contribution >= 4 is 39.0 Å². The largest absolute Gasteiger partial charge is 0.455 e. The summed E-state index contributed by atoms with van der Waals surface area (Å²) in [5.74, 6) is 0. The van der Waals surface area contributed by atoms with Crippen LogP contribution in [0.25, 0.3) is 55.3 Å². The second-order valence-electron chi connectivity index (χ2n) is 13.0. The van der Waals surface area contributed by atoms with Crippen molar-refractivity contribution in [3.05, 3.63) is 175 Å². The van der Waals surface area contributed by atoms with E-state index in [0.717, 1.165) is 50.1 Å². The molecule has 7 aromatic carbocycles. The Kier molecular flexibility index (Phi) is 6.20. The van der Waals surface area contributed by atoms with Gasteiger partial charge >= 0.3 is 0 Å². The van der Waals surface area contributed by atoms with Gasteiger partial charge in [0.25, 0.3) is 0 Å². The summed E-state index contributed by atoms with van der Waals surface area (Å²) < 4.78 is 6.39. The summed E-state index contributed by atoms with van der Waals surface area (Å²) in [5, 5.41) is 2.29. The highest BCUT2D eigenvalue weighted by atomic mass is 16.3. The second-order valence-corrected chi connectivity index (χ2v) is 13.0. The van der Waals surface area contributed by atoms with Gasteiger partial charge in [-0.05, 0) is 81.4 Å². The van der Waals surface area contributed by atoms with Crippen LogP contribution in [0, 0.1) is 0 Å². The summed E-state index contributed by atoms with van der Waals surface area (Å²) in [4.78, 5) is 2.39. The van der Waals surface area contributed by atoms with Crippen molar-refractivity contribution in [1.82, 2.24) is 0 Å². The molecule has 0 aliphatic heterocycles. The third kappa shape index (κ3) is 4.40. The van der Waals surface area contributed by atoms with Crippen LogP contribution in [-0.2, 0) is 5.41 Å². The van der Waals surface area contributed by atoms with E-state index in [1.54, 1.807) is 0 Å². The van der Waals surface area contributed by atoms with Crippen LogP contribution in [0.3, 0.4) is 0 Å². The van der Waals surface area contributed by atoms with Crippen LogP contribution in [0.2, 0.25) is 0 Å². The molecule has 0 bridgehead atoms. The first-order valence-electron chi connectivity index (χ1n) is 16.3. The van der Waals surface area contributed by atoms with E-state index in [4.69, 9.17) is 4.42 Å². The molecule has 0 atom stereocenters. The number of furan rings is 1. The molecule has 0 saturated heterocycles. The van der Waals surface area contributed by atoms with Gasteiger partial charge < -0.3 is 9.32 Å². The van der Waals surface area contributed by atoms with Gasteiger partial charge in [0.05, 0.1) is 0 Å². The maximum Gasteiger partial charge on any atom is 0.143 e. The average molecular weight is 604 g/mol. The topological polar surface area (TPSA) is 16.4 Å².